The molecule has 0 atom stereocenters. The summed E-state index contributed by atoms with van der Waals surface area (Å²) in [7, 11) is 0. The van der Waals surface area contributed by atoms with Crippen LogP contribution in [0.5, 0.6) is 0 Å². The molecular weight excluding hydrogens is 509 g/mol. The van der Waals surface area contributed by atoms with E-state index >= 15 is 0 Å². The molecule has 0 saturated carbocycles. The van der Waals surface area contributed by atoms with Crippen molar-refractivity contribution in [2.45, 2.75) is 37.8 Å². The van der Waals surface area contributed by atoms with Crippen molar-refractivity contribution >= 4 is 51.2 Å². The molecule has 2 aromatic rings. The number of nitrogens with one attached hydrogen (secondary N) is 1. The summed E-state index contributed by atoms with van der Waals surface area (Å²) in [6, 6.07) is 4.13. The minimum Gasteiger partial charge on any atom is -0.444 e. The van der Waals surface area contributed by atoms with Crippen LogP contribution < -0.4 is 10.2 Å². The third-order valence-electron chi connectivity index (χ3n) is 3.78. The summed E-state index contributed by atoms with van der Waals surface area (Å²) >= 11 is 4.43. The smallest absolute Gasteiger partial charge is 0.407 e. The number of anilines is 1. The second-order valence-corrected chi connectivity index (χ2v) is 9.33. The number of alkyl carbamates (subject to hydrolysis) is 1. The summed E-state index contributed by atoms with van der Waals surface area (Å²) in [5.74, 6) is 1.66. The molecule has 2 heterocycles. The molecule has 1 aliphatic heterocycles. The number of hydrogen-bond acceptors (Lipinski definition) is 10. The van der Waals surface area contributed by atoms with Gasteiger partial charge in [-0.1, -0.05) is 5.16 Å². The minimum atomic E-state index is -0.564. The summed E-state index contributed by atoms with van der Waals surface area (Å²) in [6.07, 6.45) is 0.130. The van der Waals surface area contributed by atoms with E-state index in [1.807, 2.05) is 0 Å². The number of hydrogen-bond donors (Lipinski definition) is 1. The number of ether oxygens (including phenoxy) is 1. The van der Waals surface area contributed by atoms with Crippen molar-refractivity contribution in [2.24, 2.45) is 5.16 Å². The molecule has 0 bridgehead atoms. The molecule has 170 valence electrons. The van der Waals surface area contributed by atoms with Crippen LogP contribution in [0.1, 0.15) is 32.9 Å². The van der Waals surface area contributed by atoms with E-state index in [0.717, 1.165) is 0 Å². The Balaban J connectivity index is 1.65. The summed E-state index contributed by atoms with van der Waals surface area (Å²) < 4.78 is 23.9. The number of oxime groups is 1. The van der Waals surface area contributed by atoms with Crippen LogP contribution in [0.25, 0.3) is 0 Å². The van der Waals surface area contributed by atoms with Crippen LogP contribution >= 0.6 is 27.7 Å². The van der Waals surface area contributed by atoms with Gasteiger partial charge in [-0.2, -0.15) is 0 Å². The molecule has 0 fully saturated rings. The van der Waals surface area contributed by atoms with Gasteiger partial charge in [-0.3, -0.25) is 0 Å². The van der Waals surface area contributed by atoms with E-state index in [-0.39, 0.29) is 21.9 Å². The third kappa shape index (κ3) is 5.87. The maximum Gasteiger partial charge on any atom is 0.407 e. The molecule has 0 aliphatic carbocycles. The molecule has 13 heteroatoms. The fraction of sp³-hybridized carbons (Fsp3) is 0.368. The van der Waals surface area contributed by atoms with Crippen LogP contribution in [0.2, 0.25) is 0 Å². The number of thioether (sulfide) groups is 1. The van der Waals surface area contributed by atoms with Crippen molar-refractivity contribution < 1.29 is 28.2 Å². The summed E-state index contributed by atoms with van der Waals surface area (Å²) in [5.41, 5.74) is 0.0690. The first-order valence-electron chi connectivity index (χ1n) is 9.37. The van der Waals surface area contributed by atoms with E-state index in [2.05, 4.69) is 36.7 Å². The van der Waals surface area contributed by atoms with Gasteiger partial charge in [0.25, 0.3) is 0 Å². The predicted octanol–water partition coefficient (Wildman–Crippen LogP) is 3.85. The van der Waals surface area contributed by atoms with Gasteiger partial charge in [-0.25, -0.2) is 23.5 Å². The van der Waals surface area contributed by atoms with E-state index in [0.29, 0.717) is 29.4 Å². The Morgan fingerprint density at radius 2 is 2.16 bits per heavy atom. The number of nitrogens with zero attached hydrogens (tertiary/aromatic N) is 4. The highest BCUT2D eigenvalue weighted by Gasteiger charge is 2.34. The number of carbonyl (C=O) groups excluding carboxylic acids is 2. The fourth-order valence-corrected chi connectivity index (χ4v) is 3.70. The second-order valence-electron chi connectivity index (χ2n) is 7.40. The quantitative estimate of drug-likeness (QED) is 0.325. The fourth-order valence-electron chi connectivity index (χ4n) is 2.50. The van der Waals surface area contributed by atoms with E-state index in [1.54, 1.807) is 26.7 Å². The van der Waals surface area contributed by atoms with E-state index in [9.17, 15) is 14.0 Å². The van der Waals surface area contributed by atoms with Crippen molar-refractivity contribution in [3.05, 3.63) is 40.1 Å². The van der Waals surface area contributed by atoms with Crippen molar-refractivity contribution in [3.8, 4) is 0 Å². The number of halogens is 2. The molecule has 0 spiro atoms. The molecule has 1 aliphatic rings. The number of amidine groups is 1. The Morgan fingerprint density at radius 3 is 2.84 bits per heavy atom. The van der Waals surface area contributed by atoms with Crippen molar-refractivity contribution in [2.75, 3.05) is 17.2 Å². The van der Waals surface area contributed by atoms with Crippen molar-refractivity contribution in [1.82, 2.24) is 15.6 Å². The zero-order valence-corrected chi connectivity index (χ0v) is 19.8. The molecule has 0 unspecified atom stereocenters. The number of amides is 1. The van der Waals surface area contributed by atoms with Gasteiger partial charge in [0.05, 0.1) is 10.2 Å². The van der Waals surface area contributed by atoms with Gasteiger partial charge in [-0.05, 0) is 71.6 Å². The SMILES string of the molecule is CC(C)(C)OC(=O)NCCCSc1nonc1C1=NOC(=C=O)N1c1ccc(F)c(Br)c1. The normalized spacial score (nSPS) is 13.5. The van der Waals surface area contributed by atoms with Gasteiger partial charge in [0, 0.05) is 12.3 Å². The molecule has 1 aromatic heterocycles. The Hall–Kier alpha value is -2.89. The van der Waals surface area contributed by atoms with Crippen LogP contribution in [0.15, 0.2) is 43.4 Å². The van der Waals surface area contributed by atoms with Crippen LogP contribution in [-0.2, 0) is 14.4 Å². The number of rotatable bonds is 7. The largest absolute Gasteiger partial charge is 0.444 e. The Bertz CT molecular complexity index is 1080. The van der Waals surface area contributed by atoms with Crippen LogP contribution in [0.4, 0.5) is 14.9 Å². The van der Waals surface area contributed by atoms with E-state index in [1.165, 1.54) is 34.9 Å². The van der Waals surface area contributed by atoms with Crippen molar-refractivity contribution in [3.63, 3.8) is 0 Å². The lowest BCUT2D eigenvalue weighted by Crippen LogP contribution is -2.33. The summed E-state index contributed by atoms with van der Waals surface area (Å²) in [6.45, 7) is 5.77. The first-order valence-corrected chi connectivity index (χ1v) is 11.2. The first-order chi connectivity index (χ1) is 15.2. The van der Waals surface area contributed by atoms with Gasteiger partial charge in [0.2, 0.25) is 5.84 Å². The van der Waals surface area contributed by atoms with E-state index in [4.69, 9.17) is 14.2 Å². The Morgan fingerprint density at radius 1 is 1.38 bits per heavy atom. The Kier molecular flexibility index (Phi) is 7.54. The molecule has 0 saturated heterocycles. The molecule has 32 heavy (non-hydrogen) atoms. The second kappa shape index (κ2) is 10.2. The number of benzene rings is 1. The highest BCUT2D eigenvalue weighted by Crippen LogP contribution is 2.32. The topological polar surface area (TPSA) is 119 Å². The molecule has 10 nitrogen and oxygen atoms in total. The van der Waals surface area contributed by atoms with E-state index < -0.39 is 17.5 Å². The van der Waals surface area contributed by atoms with Gasteiger partial charge in [0.15, 0.2) is 16.7 Å². The lowest BCUT2D eigenvalue weighted by molar-refractivity contribution is 0.0528. The summed E-state index contributed by atoms with van der Waals surface area (Å²) in [5, 5.41) is 14.7. The lowest BCUT2D eigenvalue weighted by atomic mass is 10.2. The monoisotopic (exact) mass is 527 g/mol. The average molecular weight is 528 g/mol. The molecular formula is C19H19BrFN5O5S. The maximum atomic E-state index is 13.6. The molecule has 1 N–H and O–H groups in total. The number of carbonyl (C=O) groups is 1. The van der Waals surface area contributed by atoms with Crippen LogP contribution in [0, 0.1) is 5.82 Å². The maximum absolute atomic E-state index is 13.6. The standard InChI is InChI=1S/C19H19BrFN5O5S/c1-19(2,3)29-18(28)22-7-4-8-32-17-15(23-31-25-17)16-24-30-14(10-27)26(16)11-5-6-13(21)12(20)9-11/h5-6,9H,4,7-8H2,1-3H3,(H,22,28). The molecule has 1 amide bonds. The Labute approximate surface area is 195 Å². The molecule has 0 radical (unpaired) electrons. The third-order valence-corrected chi connectivity index (χ3v) is 5.42. The highest BCUT2D eigenvalue weighted by atomic mass is 79.9. The zero-order chi connectivity index (χ0) is 23.3. The van der Waals surface area contributed by atoms with Crippen LogP contribution in [0.3, 0.4) is 0 Å². The lowest BCUT2D eigenvalue weighted by Gasteiger charge is -2.19. The zero-order valence-electron chi connectivity index (χ0n) is 17.3. The summed E-state index contributed by atoms with van der Waals surface area (Å²) in [4.78, 5) is 29.4. The molecule has 3 rings (SSSR count). The van der Waals surface area contributed by atoms with Crippen molar-refractivity contribution in [1.29, 1.82) is 0 Å². The highest BCUT2D eigenvalue weighted by molar-refractivity contribution is 9.10. The number of aromatic nitrogens is 2. The average Bonchev–Trinajstić information content (AvgIpc) is 3.34. The molecule has 1 aromatic carbocycles. The van der Waals surface area contributed by atoms with Gasteiger partial charge in [0.1, 0.15) is 11.4 Å². The predicted molar refractivity (Wildman–Crippen MR) is 117 cm³/mol. The first kappa shape index (κ1) is 23.8. The van der Waals surface area contributed by atoms with Gasteiger partial charge < -0.3 is 14.9 Å². The van der Waals surface area contributed by atoms with Crippen LogP contribution in [-0.4, -0.2) is 46.1 Å². The van der Waals surface area contributed by atoms with Gasteiger partial charge >= 0.3 is 12.0 Å². The van der Waals surface area contributed by atoms with Gasteiger partial charge in [-0.15, -0.1) is 11.8 Å². The minimum absolute atomic E-state index is 0.137.